The highest BCUT2D eigenvalue weighted by Gasteiger charge is 2.56. The molecule has 0 aromatic heterocycles. The summed E-state index contributed by atoms with van der Waals surface area (Å²) in [7, 11) is 3.10. The van der Waals surface area contributed by atoms with E-state index in [0.29, 0.717) is 17.9 Å². The first kappa shape index (κ1) is 23.7. The molecule has 0 spiro atoms. The quantitative estimate of drug-likeness (QED) is 0.589. The minimum Gasteiger partial charge on any atom is -0.497 e. The topological polar surface area (TPSA) is 76.2 Å². The van der Waals surface area contributed by atoms with Gasteiger partial charge in [0.1, 0.15) is 5.75 Å². The van der Waals surface area contributed by atoms with E-state index in [1.165, 1.54) is 12.0 Å². The van der Waals surface area contributed by atoms with Crippen molar-refractivity contribution in [3.63, 3.8) is 0 Å². The molecule has 1 aromatic rings. The number of methoxy groups -OCH3 is 2. The lowest BCUT2D eigenvalue weighted by Crippen LogP contribution is -2.45. The number of nitrogens with zero attached hydrogens (tertiary/aromatic N) is 2. The highest BCUT2D eigenvalue weighted by Crippen LogP contribution is 2.53. The van der Waals surface area contributed by atoms with Crippen LogP contribution in [0.1, 0.15) is 58.4 Å². The van der Waals surface area contributed by atoms with Crippen molar-refractivity contribution in [1.29, 1.82) is 0 Å². The van der Waals surface area contributed by atoms with Gasteiger partial charge >= 0.3 is 0 Å². The molecule has 1 aromatic carbocycles. The number of amides is 3. The molecule has 2 bridgehead atoms. The van der Waals surface area contributed by atoms with E-state index < -0.39 is 5.41 Å². The monoisotopic (exact) mass is 456 g/mol. The predicted octanol–water partition coefficient (Wildman–Crippen LogP) is 3.16. The van der Waals surface area contributed by atoms with Gasteiger partial charge in [0.15, 0.2) is 0 Å². The number of rotatable bonds is 7. The first-order valence-electron chi connectivity index (χ1n) is 11.8. The average Bonchev–Trinajstić information content (AvgIpc) is 3.15. The van der Waals surface area contributed by atoms with Gasteiger partial charge in [0, 0.05) is 32.5 Å². The summed E-state index contributed by atoms with van der Waals surface area (Å²) in [6.45, 7) is 7.98. The van der Waals surface area contributed by atoms with Gasteiger partial charge in [-0.25, -0.2) is 0 Å². The summed E-state index contributed by atoms with van der Waals surface area (Å²) < 4.78 is 10.5. The van der Waals surface area contributed by atoms with Crippen molar-refractivity contribution in [1.82, 2.24) is 9.80 Å². The van der Waals surface area contributed by atoms with E-state index in [4.69, 9.17) is 9.47 Å². The zero-order valence-corrected chi connectivity index (χ0v) is 20.5. The van der Waals surface area contributed by atoms with E-state index in [1.54, 1.807) is 19.2 Å². The minimum absolute atomic E-state index is 0.0127. The van der Waals surface area contributed by atoms with Crippen LogP contribution in [0.3, 0.4) is 0 Å². The summed E-state index contributed by atoms with van der Waals surface area (Å²) in [5.41, 5.74) is -0.274. The normalized spacial score (nSPS) is 30.8. The van der Waals surface area contributed by atoms with E-state index in [1.807, 2.05) is 17.0 Å². The Morgan fingerprint density at radius 3 is 2.61 bits per heavy atom. The zero-order valence-electron chi connectivity index (χ0n) is 20.5. The molecule has 33 heavy (non-hydrogen) atoms. The Kier molecular flexibility index (Phi) is 6.06. The molecule has 1 aliphatic carbocycles. The molecule has 3 fully saturated rings. The van der Waals surface area contributed by atoms with E-state index in [0.717, 1.165) is 19.3 Å². The maximum absolute atomic E-state index is 13.8. The van der Waals surface area contributed by atoms with Crippen molar-refractivity contribution in [2.24, 2.45) is 10.8 Å². The molecule has 3 aliphatic rings. The number of hydrogen-bond donors (Lipinski definition) is 0. The van der Waals surface area contributed by atoms with Crippen molar-refractivity contribution >= 4 is 17.7 Å². The fraction of sp³-hybridized carbons (Fsp3) is 0.654. The Morgan fingerprint density at radius 1 is 1.15 bits per heavy atom. The Balaban J connectivity index is 1.67. The van der Waals surface area contributed by atoms with Crippen LogP contribution >= 0.6 is 0 Å². The fourth-order valence-electron chi connectivity index (χ4n) is 6.71. The van der Waals surface area contributed by atoms with Crippen LogP contribution < -0.4 is 4.74 Å². The van der Waals surface area contributed by atoms with E-state index in [-0.39, 0.29) is 60.6 Å². The summed E-state index contributed by atoms with van der Waals surface area (Å²) in [4.78, 5) is 43.7. The van der Waals surface area contributed by atoms with Gasteiger partial charge in [0.25, 0.3) is 0 Å². The summed E-state index contributed by atoms with van der Waals surface area (Å²) in [5, 5.41) is 0. The molecule has 0 unspecified atom stereocenters. The number of carbonyl (C=O) groups excluding carboxylic acids is 3. The number of hydrogen-bond acceptors (Lipinski definition) is 5. The summed E-state index contributed by atoms with van der Waals surface area (Å²) >= 11 is 0. The van der Waals surface area contributed by atoms with Gasteiger partial charge in [0.05, 0.1) is 25.7 Å². The van der Waals surface area contributed by atoms with Crippen LogP contribution in [0.2, 0.25) is 0 Å². The molecule has 7 heteroatoms. The zero-order chi connectivity index (χ0) is 24.0. The first-order valence-corrected chi connectivity index (χ1v) is 11.8. The number of likely N-dealkylation sites (tertiary alicyclic amines) is 2. The van der Waals surface area contributed by atoms with Crippen molar-refractivity contribution in [3.8, 4) is 5.75 Å². The Labute approximate surface area is 196 Å². The number of imide groups is 1. The minimum atomic E-state index is -1.22. The second-order valence-corrected chi connectivity index (χ2v) is 11.2. The number of carbonyl (C=O) groups is 3. The molecule has 1 saturated carbocycles. The van der Waals surface area contributed by atoms with Crippen LogP contribution in [0.15, 0.2) is 24.3 Å². The van der Waals surface area contributed by atoms with Crippen molar-refractivity contribution < 1.29 is 23.9 Å². The molecule has 2 heterocycles. The number of benzene rings is 1. The number of fused-ring (bicyclic) bond motifs is 2. The van der Waals surface area contributed by atoms with Gasteiger partial charge in [-0.2, -0.15) is 0 Å². The van der Waals surface area contributed by atoms with Crippen LogP contribution in [0.25, 0.3) is 0 Å². The van der Waals surface area contributed by atoms with Crippen molar-refractivity contribution in [2.45, 2.75) is 64.3 Å². The molecular formula is C26H36N2O5. The molecule has 2 aliphatic heterocycles. The van der Waals surface area contributed by atoms with Gasteiger partial charge in [-0.15, -0.1) is 0 Å². The molecular weight excluding hydrogens is 420 g/mol. The van der Waals surface area contributed by atoms with Crippen LogP contribution in [-0.2, 0) is 24.5 Å². The standard InChI is InChI=1S/C26H36N2O5/c1-24(2)12-19-13-25(3,16-24)17-28(19)22(30)15-26(18-7-6-8-20(11-18)33-5)14-21(29)27(23(26)31)9-10-32-4/h6-8,11,19H,9-10,12-17H2,1-5H3/t19-,25-,26+/m0/s1. The molecule has 2 saturated heterocycles. The fourth-order valence-corrected chi connectivity index (χ4v) is 6.71. The first-order chi connectivity index (χ1) is 15.5. The van der Waals surface area contributed by atoms with Crippen LogP contribution in [-0.4, -0.2) is 67.5 Å². The van der Waals surface area contributed by atoms with Gasteiger partial charge in [-0.05, 0) is 47.8 Å². The van der Waals surface area contributed by atoms with Gasteiger partial charge in [0.2, 0.25) is 17.7 Å². The van der Waals surface area contributed by atoms with Crippen LogP contribution in [0.5, 0.6) is 5.75 Å². The molecule has 4 rings (SSSR count). The number of ether oxygens (including phenoxy) is 2. The van der Waals surface area contributed by atoms with E-state index >= 15 is 0 Å². The highest BCUT2D eigenvalue weighted by molar-refractivity contribution is 6.10. The summed E-state index contributed by atoms with van der Waals surface area (Å²) in [6.07, 6.45) is 3.02. The van der Waals surface area contributed by atoms with E-state index in [2.05, 4.69) is 20.8 Å². The Bertz CT molecular complexity index is 960. The lowest BCUT2D eigenvalue weighted by atomic mass is 9.65. The molecule has 7 nitrogen and oxygen atoms in total. The lowest BCUT2D eigenvalue weighted by molar-refractivity contribution is -0.143. The third kappa shape index (κ3) is 4.27. The second kappa shape index (κ2) is 8.42. The largest absolute Gasteiger partial charge is 0.497 e. The SMILES string of the molecule is COCCN1C(=O)C[C@@](CC(=O)N2C[C@@]3(C)C[C@@H]2CC(C)(C)C3)(c2cccc(OC)c2)C1=O. The average molecular weight is 457 g/mol. The van der Waals surface area contributed by atoms with Crippen LogP contribution in [0, 0.1) is 10.8 Å². The van der Waals surface area contributed by atoms with Crippen molar-refractivity contribution in [2.75, 3.05) is 33.9 Å². The molecule has 0 radical (unpaired) electrons. The van der Waals surface area contributed by atoms with Gasteiger partial charge in [-0.3, -0.25) is 19.3 Å². The molecule has 3 atom stereocenters. The molecule has 180 valence electrons. The van der Waals surface area contributed by atoms with Crippen LogP contribution in [0.4, 0.5) is 0 Å². The Morgan fingerprint density at radius 2 is 1.91 bits per heavy atom. The maximum atomic E-state index is 13.8. The molecule has 0 N–H and O–H groups in total. The predicted molar refractivity (Wildman–Crippen MR) is 124 cm³/mol. The summed E-state index contributed by atoms with van der Waals surface area (Å²) in [6, 6.07) is 7.40. The second-order valence-electron chi connectivity index (χ2n) is 11.2. The van der Waals surface area contributed by atoms with Gasteiger partial charge in [-0.1, -0.05) is 32.9 Å². The Hall–Kier alpha value is -2.41. The lowest BCUT2D eigenvalue weighted by Gasteiger charge is -2.39. The van der Waals surface area contributed by atoms with E-state index in [9.17, 15) is 14.4 Å². The third-order valence-electron chi connectivity index (χ3n) is 7.74. The highest BCUT2D eigenvalue weighted by atomic mass is 16.5. The molecule has 3 amide bonds. The van der Waals surface area contributed by atoms with Crippen molar-refractivity contribution in [3.05, 3.63) is 29.8 Å². The third-order valence-corrected chi connectivity index (χ3v) is 7.74. The summed E-state index contributed by atoms with van der Waals surface area (Å²) in [5.74, 6) is -0.0269. The van der Waals surface area contributed by atoms with Gasteiger partial charge < -0.3 is 14.4 Å². The maximum Gasteiger partial charge on any atom is 0.240 e. The smallest absolute Gasteiger partial charge is 0.240 e.